The molecule has 0 radical (unpaired) electrons. The van der Waals surface area contributed by atoms with Gasteiger partial charge in [-0.05, 0) is 105 Å². The number of anilines is 1. The number of ether oxygens (including phenoxy) is 2. The molecule has 2 N–H and O–H groups in total. The van der Waals surface area contributed by atoms with E-state index in [0.29, 0.717) is 49.3 Å². The van der Waals surface area contributed by atoms with Gasteiger partial charge in [-0.25, -0.2) is 4.98 Å². The number of carbonyl (C=O) groups excluding carboxylic acids is 2. The highest BCUT2D eigenvalue weighted by Crippen LogP contribution is 2.40. The van der Waals surface area contributed by atoms with Crippen LogP contribution in [0.3, 0.4) is 0 Å². The maximum Gasteiger partial charge on any atom is 0.273 e. The van der Waals surface area contributed by atoms with Gasteiger partial charge in [-0.15, -0.1) is 0 Å². The second-order valence-electron chi connectivity index (χ2n) is 12.2. The number of carbonyl (C=O) groups is 2. The van der Waals surface area contributed by atoms with Gasteiger partial charge in [-0.1, -0.05) is 35.6 Å². The van der Waals surface area contributed by atoms with E-state index in [2.05, 4.69) is 47.6 Å². The fraction of sp³-hybridized carbons (Fsp3) is 0.514. The molecule has 2 saturated carbocycles. The number of hydrogen-bond donors (Lipinski definition) is 2. The van der Waals surface area contributed by atoms with Gasteiger partial charge in [-0.2, -0.15) is 0 Å². The van der Waals surface area contributed by atoms with Crippen LogP contribution in [-0.4, -0.2) is 55.8 Å². The number of hydrogen-bond acceptors (Lipinski definition) is 7. The number of aromatic nitrogens is 1. The van der Waals surface area contributed by atoms with E-state index in [1.807, 2.05) is 23.2 Å². The zero-order valence-corrected chi connectivity index (χ0v) is 26.9. The molecule has 0 atom stereocenters. The van der Waals surface area contributed by atoms with Gasteiger partial charge in [0.1, 0.15) is 5.75 Å². The van der Waals surface area contributed by atoms with E-state index in [4.69, 9.17) is 14.6 Å². The highest BCUT2D eigenvalue weighted by molar-refractivity contribution is 7.16. The lowest BCUT2D eigenvalue weighted by Crippen LogP contribution is -2.42. The molecule has 5 rings (SSSR count). The lowest BCUT2D eigenvalue weighted by atomic mass is 9.77. The summed E-state index contributed by atoms with van der Waals surface area (Å²) in [5.41, 5.74) is 4.48. The number of aliphatic hydroxyl groups excluding tert-OH is 1. The molecule has 0 aliphatic heterocycles. The van der Waals surface area contributed by atoms with Crippen LogP contribution in [0.1, 0.15) is 68.4 Å². The van der Waals surface area contributed by atoms with Gasteiger partial charge in [0.2, 0.25) is 11.8 Å². The average molecular weight is 620 g/mol. The van der Waals surface area contributed by atoms with Gasteiger partial charge >= 0.3 is 0 Å². The SMILES string of the molecule is COc1ncc(-c2cccc(N(CC3CCC(c4ccc(OC)c(C)c4)CC3)C(=O)C3CCC(C(=O)NCCO)CC3)c2)s1. The van der Waals surface area contributed by atoms with E-state index < -0.39 is 0 Å². The van der Waals surface area contributed by atoms with E-state index >= 15 is 0 Å². The Labute approximate surface area is 264 Å². The zero-order chi connectivity index (χ0) is 31.1. The van der Waals surface area contributed by atoms with Crippen LogP contribution >= 0.6 is 11.3 Å². The third-order valence-corrected chi connectivity index (χ3v) is 10.4. The molecule has 0 saturated heterocycles. The first kappa shape index (κ1) is 32.0. The van der Waals surface area contributed by atoms with E-state index in [1.165, 1.54) is 22.5 Å². The van der Waals surface area contributed by atoms with E-state index in [1.54, 1.807) is 14.2 Å². The summed E-state index contributed by atoms with van der Waals surface area (Å²) < 4.78 is 10.8. The first-order valence-electron chi connectivity index (χ1n) is 15.8. The number of benzene rings is 2. The molecule has 8 nitrogen and oxygen atoms in total. The van der Waals surface area contributed by atoms with E-state index in [0.717, 1.165) is 47.6 Å². The first-order chi connectivity index (χ1) is 21.4. The maximum absolute atomic E-state index is 14.3. The molecule has 1 aromatic heterocycles. The zero-order valence-electron chi connectivity index (χ0n) is 26.1. The Balaban J connectivity index is 1.31. The summed E-state index contributed by atoms with van der Waals surface area (Å²) in [5.74, 6) is 1.81. The number of nitrogens with zero attached hydrogens (tertiary/aromatic N) is 2. The Morgan fingerprint density at radius 3 is 2.39 bits per heavy atom. The van der Waals surface area contributed by atoms with Crippen LogP contribution in [-0.2, 0) is 9.59 Å². The Morgan fingerprint density at radius 2 is 1.73 bits per heavy atom. The van der Waals surface area contributed by atoms with Crippen molar-refractivity contribution in [3.63, 3.8) is 0 Å². The fourth-order valence-corrected chi connectivity index (χ4v) is 7.60. The number of aryl methyl sites for hydroxylation is 1. The molecule has 2 aromatic carbocycles. The summed E-state index contributed by atoms with van der Waals surface area (Å²) in [5, 5.41) is 12.5. The predicted octanol–water partition coefficient (Wildman–Crippen LogP) is 6.36. The van der Waals surface area contributed by atoms with Crippen LogP contribution < -0.4 is 19.7 Å². The lowest BCUT2D eigenvalue weighted by Gasteiger charge is -2.36. The van der Waals surface area contributed by atoms with Crippen LogP contribution in [0, 0.1) is 24.7 Å². The number of amides is 2. The number of aliphatic hydroxyl groups is 1. The third-order valence-electron chi connectivity index (χ3n) is 9.40. The average Bonchev–Trinajstić information content (AvgIpc) is 3.56. The van der Waals surface area contributed by atoms with Gasteiger partial charge in [0, 0.05) is 36.8 Å². The molecule has 44 heavy (non-hydrogen) atoms. The number of nitrogens with one attached hydrogen (secondary N) is 1. The summed E-state index contributed by atoms with van der Waals surface area (Å²) in [6, 6.07) is 14.8. The fourth-order valence-electron chi connectivity index (χ4n) is 6.87. The molecule has 2 amide bonds. The molecule has 0 unspecified atom stereocenters. The Hall–Kier alpha value is -3.43. The van der Waals surface area contributed by atoms with Crippen LogP contribution in [0.15, 0.2) is 48.7 Å². The van der Waals surface area contributed by atoms with Crippen molar-refractivity contribution >= 4 is 28.8 Å². The molecule has 2 aliphatic rings. The Bertz CT molecular complexity index is 1410. The molecular weight excluding hydrogens is 574 g/mol. The van der Waals surface area contributed by atoms with Crippen molar-refractivity contribution in [3.05, 3.63) is 59.8 Å². The molecule has 2 fully saturated rings. The largest absolute Gasteiger partial charge is 0.496 e. The van der Waals surface area contributed by atoms with Gasteiger partial charge in [-0.3, -0.25) is 9.59 Å². The van der Waals surface area contributed by atoms with Crippen molar-refractivity contribution < 1.29 is 24.2 Å². The molecule has 236 valence electrons. The third kappa shape index (κ3) is 7.61. The maximum atomic E-state index is 14.3. The lowest BCUT2D eigenvalue weighted by molar-refractivity contribution is -0.129. The van der Waals surface area contributed by atoms with Crippen LogP contribution in [0.25, 0.3) is 10.4 Å². The van der Waals surface area contributed by atoms with Gasteiger partial charge in [0.25, 0.3) is 5.19 Å². The van der Waals surface area contributed by atoms with Crippen molar-refractivity contribution in [2.75, 3.05) is 38.8 Å². The summed E-state index contributed by atoms with van der Waals surface area (Å²) >= 11 is 1.49. The second-order valence-corrected chi connectivity index (χ2v) is 13.2. The minimum atomic E-state index is -0.109. The molecule has 9 heteroatoms. The molecule has 3 aromatic rings. The number of rotatable bonds is 11. The standard InChI is InChI=1S/C35H45N3O5S/c1-23-19-28(15-16-31(23)42-2)25-9-7-24(8-10-25)22-38(30-6-4-5-29(20-30)32-21-37-35(43-3)44-32)34(41)27-13-11-26(12-14-27)33(40)36-17-18-39/h4-6,15-16,19-21,24-27,39H,7-14,17-18,22H2,1-3H3,(H,36,40). The topological polar surface area (TPSA) is 101 Å². The highest BCUT2D eigenvalue weighted by atomic mass is 32.1. The summed E-state index contributed by atoms with van der Waals surface area (Å²) in [7, 11) is 3.33. The molecule has 1 heterocycles. The first-order valence-corrected chi connectivity index (χ1v) is 16.7. The predicted molar refractivity (Wildman–Crippen MR) is 174 cm³/mol. The van der Waals surface area contributed by atoms with Crippen molar-refractivity contribution in [2.24, 2.45) is 17.8 Å². The van der Waals surface area contributed by atoms with Gasteiger partial charge in [0.15, 0.2) is 0 Å². The number of thiazole rings is 1. The second kappa shape index (κ2) is 15.0. The Morgan fingerprint density at radius 1 is 0.977 bits per heavy atom. The highest BCUT2D eigenvalue weighted by Gasteiger charge is 2.34. The minimum absolute atomic E-state index is 0.0155. The van der Waals surface area contributed by atoms with E-state index in [-0.39, 0.29) is 36.8 Å². The molecule has 0 bridgehead atoms. The van der Waals surface area contributed by atoms with Crippen molar-refractivity contribution in [1.29, 1.82) is 0 Å². The van der Waals surface area contributed by atoms with Gasteiger partial charge < -0.3 is 24.8 Å². The van der Waals surface area contributed by atoms with Crippen molar-refractivity contribution in [2.45, 2.75) is 64.2 Å². The number of methoxy groups -OCH3 is 2. The summed E-state index contributed by atoms with van der Waals surface area (Å²) in [6.45, 7) is 3.00. The van der Waals surface area contributed by atoms with Crippen molar-refractivity contribution in [1.82, 2.24) is 10.3 Å². The summed E-state index contributed by atoms with van der Waals surface area (Å²) in [4.78, 5) is 34.1. The Kier molecular flexibility index (Phi) is 10.9. The van der Waals surface area contributed by atoms with Crippen LogP contribution in [0.5, 0.6) is 10.9 Å². The normalized spacial score (nSPS) is 21.8. The van der Waals surface area contributed by atoms with Crippen LogP contribution in [0.2, 0.25) is 0 Å². The molecule has 0 spiro atoms. The molecule has 2 aliphatic carbocycles. The van der Waals surface area contributed by atoms with Crippen molar-refractivity contribution in [3.8, 4) is 21.4 Å². The molecular formula is C35H45N3O5S. The summed E-state index contributed by atoms with van der Waals surface area (Å²) in [6.07, 6.45) is 8.94. The van der Waals surface area contributed by atoms with Gasteiger partial charge in [0.05, 0.1) is 25.7 Å². The van der Waals surface area contributed by atoms with E-state index in [9.17, 15) is 9.59 Å². The quantitative estimate of drug-likeness (QED) is 0.259. The smallest absolute Gasteiger partial charge is 0.273 e. The monoisotopic (exact) mass is 619 g/mol. The minimum Gasteiger partial charge on any atom is -0.496 e. The van der Waals surface area contributed by atoms with Crippen LogP contribution in [0.4, 0.5) is 5.69 Å².